The molecule has 6 heteroatoms. The van der Waals surface area contributed by atoms with Crippen molar-refractivity contribution in [3.63, 3.8) is 0 Å². The summed E-state index contributed by atoms with van der Waals surface area (Å²) in [6.07, 6.45) is 8.40. The number of rotatable bonds is 6. The van der Waals surface area contributed by atoms with Crippen LogP contribution in [0, 0.1) is 13.8 Å². The van der Waals surface area contributed by atoms with Crippen LogP contribution in [-0.2, 0) is 0 Å². The van der Waals surface area contributed by atoms with Crippen molar-refractivity contribution in [2.75, 3.05) is 11.5 Å². The van der Waals surface area contributed by atoms with Crippen LogP contribution in [-0.4, -0.2) is 21.3 Å². The number of nitrogens with zero attached hydrogens (tertiary/aromatic N) is 3. The highest BCUT2D eigenvalue weighted by Crippen LogP contribution is 2.44. The van der Waals surface area contributed by atoms with Crippen LogP contribution in [0.3, 0.4) is 0 Å². The van der Waals surface area contributed by atoms with Crippen LogP contribution >= 0.6 is 12.2 Å². The van der Waals surface area contributed by atoms with Crippen molar-refractivity contribution in [1.82, 2.24) is 14.9 Å². The van der Waals surface area contributed by atoms with Crippen LogP contribution in [0.2, 0.25) is 0 Å². The monoisotopic (exact) mass is 474 g/mol. The molecule has 2 aliphatic rings. The highest BCUT2D eigenvalue weighted by atomic mass is 32.1. The Kier molecular flexibility index (Phi) is 6.59. The SMILES string of the molecule is CCOc1ccc(N2C(=S)NC(c3ccccn3)C2c2cc(C)n(C3CCCCC3)c2C)cc1. The minimum atomic E-state index is -0.0272. The van der Waals surface area contributed by atoms with Gasteiger partial charge in [0.2, 0.25) is 0 Å². The molecule has 2 aromatic heterocycles. The van der Waals surface area contributed by atoms with Gasteiger partial charge in [0.05, 0.1) is 24.4 Å². The van der Waals surface area contributed by atoms with E-state index in [9.17, 15) is 0 Å². The van der Waals surface area contributed by atoms with E-state index in [1.807, 2.05) is 31.3 Å². The van der Waals surface area contributed by atoms with E-state index in [0.29, 0.717) is 12.6 Å². The summed E-state index contributed by atoms with van der Waals surface area (Å²) in [5, 5.41) is 4.33. The van der Waals surface area contributed by atoms with Gasteiger partial charge in [-0.25, -0.2) is 0 Å². The maximum absolute atomic E-state index is 5.92. The molecule has 0 spiro atoms. The van der Waals surface area contributed by atoms with E-state index in [0.717, 1.165) is 22.2 Å². The van der Waals surface area contributed by atoms with E-state index in [4.69, 9.17) is 21.9 Å². The standard InChI is InChI=1S/C28H34N4OS/c1-4-33-23-15-13-22(14-16-23)32-27(26(30-28(32)34)25-12-8-9-17-29-25)24-18-19(2)31(20(24)3)21-10-6-5-7-11-21/h8-9,12-18,21,26-27H,4-7,10-11H2,1-3H3,(H,30,34). The molecule has 1 aliphatic heterocycles. The Hall–Kier alpha value is -2.86. The second-order valence-corrected chi connectivity index (χ2v) is 9.80. The predicted octanol–water partition coefficient (Wildman–Crippen LogP) is 6.58. The zero-order valence-corrected chi connectivity index (χ0v) is 21.1. The number of thiocarbonyl (C=S) groups is 1. The van der Waals surface area contributed by atoms with Gasteiger partial charge in [-0.15, -0.1) is 0 Å². The van der Waals surface area contributed by atoms with Gasteiger partial charge in [-0.1, -0.05) is 25.3 Å². The normalized spacial score (nSPS) is 21.0. The number of nitrogens with one attached hydrogen (secondary N) is 1. The summed E-state index contributed by atoms with van der Waals surface area (Å²) < 4.78 is 8.26. The van der Waals surface area contributed by atoms with Gasteiger partial charge in [0.1, 0.15) is 5.75 Å². The topological polar surface area (TPSA) is 42.3 Å². The van der Waals surface area contributed by atoms with Gasteiger partial charge in [-0.3, -0.25) is 4.98 Å². The highest BCUT2D eigenvalue weighted by molar-refractivity contribution is 7.80. The summed E-state index contributed by atoms with van der Waals surface area (Å²) in [6.45, 7) is 7.19. The molecule has 5 nitrogen and oxygen atoms in total. The lowest BCUT2D eigenvalue weighted by atomic mass is 9.94. The van der Waals surface area contributed by atoms with Gasteiger partial charge in [0.15, 0.2) is 5.11 Å². The van der Waals surface area contributed by atoms with Gasteiger partial charge in [-0.2, -0.15) is 0 Å². The molecular weight excluding hydrogens is 440 g/mol. The Morgan fingerprint density at radius 2 is 1.82 bits per heavy atom. The summed E-state index contributed by atoms with van der Waals surface area (Å²) in [6, 6.07) is 17.3. The minimum absolute atomic E-state index is 0.0175. The van der Waals surface area contributed by atoms with Gasteiger partial charge in [-0.05, 0) is 93.9 Å². The van der Waals surface area contributed by atoms with Crippen molar-refractivity contribution in [1.29, 1.82) is 0 Å². The van der Waals surface area contributed by atoms with Gasteiger partial charge < -0.3 is 19.5 Å². The van der Waals surface area contributed by atoms with Crippen LogP contribution in [0.25, 0.3) is 0 Å². The third-order valence-electron chi connectivity index (χ3n) is 7.31. The molecule has 1 aliphatic carbocycles. The Morgan fingerprint density at radius 3 is 2.50 bits per heavy atom. The number of ether oxygens (including phenoxy) is 1. The molecule has 2 fully saturated rings. The number of pyridine rings is 1. The molecular formula is C28H34N4OS. The molecule has 2 atom stereocenters. The number of aryl methyl sites for hydroxylation is 1. The summed E-state index contributed by atoms with van der Waals surface area (Å²) in [5.41, 5.74) is 6.07. The van der Waals surface area contributed by atoms with Crippen molar-refractivity contribution >= 4 is 23.0 Å². The van der Waals surface area contributed by atoms with E-state index in [2.05, 4.69) is 59.0 Å². The smallest absolute Gasteiger partial charge is 0.174 e. The molecule has 1 N–H and O–H groups in total. The van der Waals surface area contributed by atoms with Crippen LogP contribution in [0.15, 0.2) is 54.7 Å². The average molecular weight is 475 g/mol. The summed E-state index contributed by atoms with van der Waals surface area (Å²) in [7, 11) is 0. The van der Waals surface area contributed by atoms with Gasteiger partial charge in [0.25, 0.3) is 0 Å². The summed E-state index contributed by atoms with van der Waals surface area (Å²) in [5.74, 6) is 0.873. The Labute approximate surface area is 208 Å². The second-order valence-electron chi connectivity index (χ2n) is 9.41. The maximum atomic E-state index is 5.92. The summed E-state index contributed by atoms with van der Waals surface area (Å²) >= 11 is 5.92. The largest absolute Gasteiger partial charge is 0.494 e. The molecule has 2 unspecified atom stereocenters. The molecule has 0 amide bonds. The fourth-order valence-corrected chi connectivity index (χ4v) is 6.17. The lowest BCUT2D eigenvalue weighted by molar-refractivity contribution is 0.340. The first kappa shape index (κ1) is 22.9. The van der Waals surface area contributed by atoms with Crippen molar-refractivity contribution in [3.05, 3.63) is 77.4 Å². The molecule has 5 rings (SSSR count). The van der Waals surface area contributed by atoms with Crippen LogP contribution < -0.4 is 15.0 Å². The lowest BCUT2D eigenvalue weighted by Gasteiger charge is -2.30. The number of hydrogen-bond acceptors (Lipinski definition) is 3. The fourth-order valence-electron chi connectivity index (χ4n) is 5.82. The average Bonchev–Trinajstić information content (AvgIpc) is 3.36. The Bertz CT molecular complexity index is 1140. The van der Waals surface area contributed by atoms with Crippen LogP contribution in [0.1, 0.15) is 79.8 Å². The van der Waals surface area contributed by atoms with E-state index in [-0.39, 0.29) is 12.1 Å². The number of aromatic nitrogens is 2. The second kappa shape index (κ2) is 9.79. The molecule has 1 saturated carbocycles. The van der Waals surface area contributed by atoms with Crippen LogP contribution in [0.5, 0.6) is 5.75 Å². The van der Waals surface area contributed by atoms with E-state index in [1.165, 1.54) is 49.1 Å². The minimum Gasteiger partial charge on any atom is -0.494 e. The van der Waals surface area contributed by atoms with E-state index < -0.39 is 0 Å². The van der Waals surface area contributed by atoms with Gasteiger partial charge in [0, 0.05) is 29.3 Å². The molecule has 1 saturated heterocycles. The van der Waals surface area contributed by atoms with Crippen molar-refractivity contribution in [2.45, 2.75) is 71.0 Å². The molecule has 3 heterocycles. The van der Waals surface area contributed by atoms with Crippen LogP contribution in [0.4, 0.5) is 5.69 Å². The molecule has 3 aromatic rings. The zero-order chi connectivity index (χ0) is 23.7. The molecule has 34 heavy (non-hydrogen) atoms. The zero-order valence-electron chi connectivity index (χ0n) is 20.3. The fraction of sp³-hybridized carbons (Fsp3) is 0.429. The number of anilines is 1. The number of benzene rings is 1. The van der Waals surface area contributed by atoms with Crippen molar-refractivity contribution in [2.24, 2.45) is 0 Å². The first-order chi connectivity index (χ1) is 16.6. The van der Waals surface area contributed by atoms with Gasteiger partial charge >= 0.3 is 0 Å². The molecule has 178 valence electrons. The quantitative estimate of drug-likeness (QED) is 0.409. The van der Waals surface area contributed by atoms with E-state index >= 15 is 0 Å². The van der Waals surface area contributed by atoms with Crippen molar-refractivity contribution < 1.29 is 4.74 Å². The first-order valence-electron chi connectivity index (χ1n) is 12.5. The van der Waals surface area contributed by atoms with E-state index in [1.54, 1.807) is 0 Å². The Balaban J connectivity index is 1.59. The molecule has 1 aromatic carbocycles. The molecule has 0 radical (unpaired) electrons. The first-order valence-corrected chi connectivity index (χ1v) is 12.9. The molecule has 0 bridgehead atoms. The number of hydrogen-bond donors (Lipinski definition) is 1. The van der Waals surface area contributed by atoms with Crippen molar-refractivity contribution in [3.8, 4) is 5.75 Å². The highest BCUT2D eigenvalue weighted by Gasteiger charge is 2.42. The maximum Gasteiger partial charge on any atom is 0.174 e. The third-order valence-corrected chi connectivity index (χ3v) is 7.62. The summed E-state index contributed by atoms with van der Waals surface area (Å²) in [4.78, 5) is 6.97. The lowest BCUT2D eigenvalue weighted by Crippen LogP contribution is -2.29. The third kappa shape index (κ3) is 4.20. The predicted molar refractivity (Wildman–Crippen MR) is 142 cm³/mol. The Morgan fingerprint density at radius 1 is 1.06 bits per heavy atom.